The molecule has 0 N–H and O–H groups in total. The van der Waals surface area contributed by atoms with Gasteiger partial charge in [0.2, 0.25) is 0 Å². The van der Waals surface area contributed by atoms with Crippen molar-refractivity contribution in [2.75, 3.05) is 0 Å². The largest absolute Gasteiger partial charge is 0.251 e. The molecule has 0 spiro atoms. The highest BCUT2D eigenvalue weighted by atomic mass is 35.5. The summed E-state index contributed by atoms with van der Waals surface area (Å²) in [4.78, 5) is 4.69. The van der Waals surface area contributed by atoms with Crippen molar-refractivity contribution in [2.24, 2.45) is 0 Å². The predicted molar refractivity (Wildman–Crippen MR) is 77.7 cm³/mol. The van der Waals surface area contributed by atoms with Crippen molar-refractivity contribution in [1.82, 2.24) is 4.98 Å². The number of hydrogen-bond acceptors (Lipinski definition) is 1. The summed E-state index contributed by atoms with van der Waals surface area (Å²) >= 11 is 6.02. The van der Waals surface area contributed by atoms with Crippen molar-refractivity contribution in [2.45, 2.75) is 18.7 Å². The Morgan fingerprint density at radius 1 is 1.17 bits per heavy atom. The van der Waals surface area contributed by atoms with E-state index in [9.17, 15) is 0 Å². The monoisotopic (exact) mass is 255 g/mol. The van der Waals surface area contributed by atoms with E-state index in [1.54, 1.807) is 0 Å². The number of fused-ring (bicyclic) bond motifs is 1. The Morgan fingerprint density at radius 3 is 2.83 bits per heavy atom. The Labute approximate surface area is 112 Å². The molecule has 0 atom stereocenters. The van der Waals surface area contributed by atoms with Crippen molar-refractivity contribution in [3.63, 3.8) is 0 Å². The number of aromatic nitrogens is 1. The minimum absolute atomic E-state index is 0.450. The van der Waals surface area contributed by atoms with Gasteiger partial charge >= 0.3 is 0 Å². The summed E-state index contributed by atoms with van der Waals surface area (Å²) in [6, 6.07) is 10.4. The van der Waals surface area contributed by atoms with Crippen molar-refractivity contribution in [3.8, 4) is 0 Å². The molecule has 0 saturated carbocycles. The fraction of sp³-hybridized carbons (Fsp3) is 0.188. The molecule has 1 aromatic heterocycles. The van der Waals surface area contributed by atoms with Crippen LogP contribution in [0, 0.1) is 0 Å². The Bertz CT molecular complexity index is 641. The lowest BCUT2D eigenvalue weighted by atomic mass is 10.0. The molecule has 0 saturated heterocycles. The molecule has 1 aliphatic rings. The number of hydrogen-bond donors (Lipinski definition) is 0. The molecule has 0 radical (unpaired) electrons. The maximum atomic E-state index is 6.02. The lowest BCUT2D eigenvalue weighted by molar-refractivity contribution is 1.03. The zero-order valence-electron chi connectivity index (χ0n) is 10.1. The van der Waals surface area contributed by atoms with Gasteiger partial charge in [-0.25, -0.2) is 0 Å². The van der Waals surface area contributed by atoms with Crippen LogP contribution in [0.4, 0.5) is 0 Å². The topological polar surface area (TPSA) is 12.9 Å². The van der Waals surface area contributed by atoms with Crippen LogP contribution in [0.2, 0.25) is 0 Å². The second-order valence-corrected chi connectivity index (χ2v) is 4.72. The SMILES string of the molecule is ClCc1nc(C2=CCCC=C2)cc2ccccc12. The van der Waals surface area contributed by atoms with Crippen LogP contribution in [-0.4, -0.2) is 4.98 Å². The van der Waals surface area contributed by atoms with Gasteiger partial charge in [-0.05, 0) is 29.9 Å². The van der Waals surface area contributed by atoms with E-state index in [1.165, 1.54) is 11.0 Å². The van der Waals surface area contributed by atoms with E-state index >= 15 is 0 Å². The first-order chi connectivity index (χ1) is 8.88. The van der Waals surface area contributed by atoms with Gasteiger partial charge in [-0.15, -0.1) is 11.6 Å². The molecule has 1 aromatic carbocycles. The number of alkyl halides is 1. The molecular weight excluding hydrogens is 242 g/mol. The first-order valence-electron chi connectivity index (χ1n) is 6.20. The lowest BCUT2D eigenvalue weighted by Gasteiger charge is -2.10. The highest BCUT2D eigenvalue weighted by molar-refractivity contribution is 6.17. The molecule has 1 nitrogen and oxygen atoms in total. The quantitative estimate of drug-likeness (QED) is 0.709. The van der Waals surface area contributed by atoms with E-state index in [-0.39, 0.29) is 0 Å². The average Bonchev–Trinajstić information content (AvgIpc) is 2.47. The Kier molecular flexibility index (Phi) is 3.16. The zero-order valence-corrected chi connectivity index (χ0v) is 10.8. The van der Waals surface area contributed by atoms with Crippen molar-refractivity contribution >= 4 is 27.9 Å². The van der Waals surface area contributed by atoms with Gasteiger partial charge in [0.1, 0.15) is 0 Å². The fourth-order valence-electron chi connectivity index (χ4n) is 2.32. The first-order valence-corrected chi connectivity index (χ1v) is 6.73. The van der Waals surface area contributed by atoms with E-state index in [1.807, 2.05) is 6.07 Å². The fourth-order valence-corrected chi connectivity index (χ4v) is 2.53. The van der Waals surface area contributed by atoms with Crippen LogP contribution >= 0.6 is 11.6 Å². The number of allylic oxidation sites excluding steroid dienone is 4. The number of benzene rings is 1. The van der Waals surface area contributed by atoms with Crippen LogP contribution in [0.25, 0.3) is 16.3 Å². The number of halogens is 1. The molecule has 0 amide bonds. The van der Waals surface area contributed by atoms with E-state index in [0.29, 0.717) is 5.88 Å². The van der Waals surface area contributed by atoms with Gasteiger partial charge in [0.25, 0.3) is 0 Å². The molecule has 2 aromatic rings. The summed E-state index contributed by atoms with van der Waals surface area (Å²) in [5.74, 6) is 0.450. The van der Waals surface area contributed by atoms with Gasteiger partial charge in [0.15, 0.2) is 0 Å². The van der Waals surface area contributed by atoms with Gasteiger partial charge in [0.05, 0.1) is 17.3 Å². The van der Waals surface area contributed by atoms with Gasteiger partial charge in [-0.1, -0.05) is 42.5 Å². The maximum Gasteiger partial charge on any atom is 0.0708 e. The standard InChI is InChI=1S/C16H14ClN/c17-11-16-14-9-5-4-8-13(14)10-15(18-16)12-6-2-1-3-7-12/h2,4-10H,1,3,11H2. The third-order valence-electron chi connectivity index (χ3n) is 3.24. The van der Waals surface area contributed by atoms with Crippen LogP contribution in [0.1, 0.15) is 24.2 Å². The predicted octanol–water partition coefficient (Wildman–Crippen LogP) is 4.71. The van der Waals surface area contributed by atoms with Crippen LogP contribution < -0.4 is 0 Å². The number of rotatable bonds is 2. The molecule has 1 aliphatic carbocycles. The summed E-state index contributed by atoms with van der Waals surface area (Å²) in [6.45, 7) is 0. The molecule has 0 unspecified atom stereocenters. The van der Waals surface area contributed by atoms with Crippen LogP contribution in [0.15, 0.2) is 48.6 Å². The lowest BCUT2D eigenvalue weighted by Crippen LogP contribution is -1.95. The van der Waals surface area contributed by atoms with E-state index in [2.05, 4.69) is 42.5 Å². The Morgan fingerprint density at radius 2 is 2.06 bits per heavy atom. The van der Waals surface area contributed by atoms with Gasteiger partial charge in [0, 0.05) is 5.39 Å². The second-order valence-electron chi connectivity index (χ2n) is 4.45. The summed E-state index contributed by atoms with van der Waals surface area (Å²) in [5, 5.41) is 2.36. The molecule has 0 bridgehead atoms. The molecular formula is C16H14ClN. The minimum atomic E-state index is 0.450. The van der Waals surface area contributed by atoms with Crippen LogP contribution in [0.3, 0.4) is 0 Å². The van der Waals surface area contributed by atoms with Crippen LogP contribution in [0.5, 0.6) is 0 Å². The summed E-state index contributed by atoms with van der Waals surface area (Å²) in [5.41, 5.74) is 3.20. The molecule has 90 valence electrons. The van der Waals surface area contributed by atoms with E-state index in [0.717, 1.165) is 29.6 Å². The third-order valence-corrected chi connectivity index (χ3v) is 3.49. The van der Waals surface area contributed by atoms with Gasteiger partial charge in [-0.3, -0.25) is 4.98 Å². The van der Waals surface area contributed by atoms with Gasteiger partial charge in [-0.2, -0.15) is 0 Å². The molecule has 2 heteroatoms. The molecule has 0 aliphatic heterocycles. The smallest absolute Gasteiger partial charge is 0.0708 e. The first kappa shape index (κ1) is 11.5. The summed E-state index contributed by atoms with van der Waals surface area (Å²) in [6.07, 6.45) is 8.82. The van der Waals surface area contributed by atoms with Crippen molar-refractivity contribution < 1.29 is 0 Å². The molecule has 3 rings (SSSR count). The molecule has 1 heterocycles. The normalized spacial score (nSPS) is 14.8. The zero-order chi connectivity index (χ0) is 12.4. The van der Waals surface area contributed by atoms with Crippen LogP contribution in [-0.2, 0) is 5.88 Å². The molecule has 18 heavy (non-hydrogen) atoms. The maximum absolute atomic E-state index is 6.02. The highest BCUT2D eigenvalue weighted by Gasteiger charge is 2.08. The van der Waals surface area contributed by atoms with Crippen molar-refractivity contribution in [3.05, 3.63) is 59.9 Å². The third kappa shape index (κ3) is 2.06. The Hall–Kier alpha value is -1.60. The second kappa shape index (κ2) is 4.95. The van der Waals surface area contributed by atoms with E-state index in [4.69, 9.17) is 16.6 Å². The number of pyridine rings is 1. The van der Waals surface area contributed by atoms with Crippen molar-refractivity contribution in [1.29, 1.82) is 0 Å². The van der Waals surface area contributed by atoms with Gasteiger partial charge < -0.3 is 0 Å². The Balaban J connectivity index is 2.19. The van der Waals surface area contributed by atoms with E-state index < -0.39 is 0 Å². The number of nitrogens with zero attached hydrogens (tertiary/aromatic N) is 1. The minimum Gasteiger partial charge on any atom is -0.251 e. The summed E-state index contributed by atoms with van der Waals surface area (Å²) < 4.78 is 0. The summed E-state index contributed by atoms with van der Waals surface area (Å²) in [7, 11) is 0. The molecule has 0 fully saturated rings. The average molecular weight is 256 g/mol. The highest BCUT2D eigenvalue weighted by Crippen LogP contribution is 2.26.